The fourth-order valence-electron chi connectivity index (χ4n) is 4.27. The van der Waals surface area contributed by atoms with E-state index in [4.69, 9.17) is 4.42 Å². The lowest BCUT2D eigenvalue weighted by Gasteiger charge is -2.20. The van der Waals surface area contributed by atoms with Gasteiger partial charge >= 0.3 is 6.01 Å². The molecule has 1 aliphatic rings. The van der Waals surface area contributed by atoms with Gasteiger partial charge in [-0.1, -0.05) is 43.9 Å². The van der Waals surface area contributed by atoms with E-state index in [9.17, 15) is 18.5 Å². The molecule has 1 heterocycles. The number of carbonyl (C=O) groups excluding carboxylic acids is 1. The van der Waals surface area contributed by atoms with Gasteiger partial charge in [-0.15, -0.1) is 0 Å². The molecule has 3 aromatic rings. The molecule has 4 rings (SSSR count). The van der Waals surface area contributed by atoms with Crippen LogP contribution in [-0.2, 0) is 14.6 Å². The second-order valence-electron chi connectivity index (χ2n) is 8.05. The SMILES string of the molecule is CS(=O)(=O)c1ccc(C(CC2CCCC2)C(=O)Nc2nc3ccccc3o2)cc1C#N. The van der Waals surface area contributed by atoms with E-state index < -0.39 is 15.8 Å². The molecular formula is C23H23N3O4S. The summed E-state index contributed by atoms with van der Waals surface area (Å²) in [5.74, 6) is -0.423. The topological polar surface area (TPSA) is 113 Å². The first-order valence-electron chi connectivity index (χ1n) is 10.3. The number of sulfone groups is 1. The van der Waals surface area contributed by atoms with Gasteiger partial charge in [0.15, 0.2) is 15.4 Å². The van der Waals surface area contributed by atoms with Crippen LogP contribution in [0.2, 0.25) is 0 Å². The standard InChI is InChI=1S/C23H23N3O4S/c1-31(28,29)21-11-10-16(13-17(21)14-24)18(12-15-6-2-3-7-15)22(27)26-23-25-19-8-4-5-9-20(19)30-23/h4-5,8-11,13,15,18H,2-3,6-7,12H2,1H3,(H,25,26,27). The maximum Gasteiger partial charge on any atom is 0.302 e. The number of rotatable bonds is 6. The van der Waals surface area contributed by atoms with E-state index in [-0.39, 0.29) is 22.4 Å². The van der Waals surface area contributed by atoms with Crippen molar-refractivity contribution in [2.45, 2.75) is 42.9 Å². The molecule has 0 spiro atoms. The van der Waals surface area contributed by atoms with Gasteiger partial charge in [0.2, 0.25) is 5.91 Å². The van der Waals surface area contributed by atoms with E-state index in [0.717, 1.165) is 31.9 Å². The Kier molecular flexibility index (Phi) is 5.79. The van der Waals surface area contributed by atoms with Gasteiger partial charge in [0.05, 0.1) is 16.4 Å². The summed E-state index contributed by atoms with van der Waals surface area (Å²) in [7, 11) is -3.54. The molecule has 1 saturated carbocycles. The summed E-state index contributed by atoms with van der Waals surface area (Å²) in [4.78, 5) is 17.5. The fraction of sp³-hybridized carbons (Fsp3) is 0.348. The van der Waals surface area contributed by atoms with Gasteiger partial charge in [0.1, 0.15) is 11.6 Å². The summed E-state index contributed by atoms with van der Waals surface area (Å²) in [5, 5.41) is 12.3. The number of oxazole rings is 1. The maximum atomic E-state index is 13.2. The second-order valence-corrected chi connectivity index (χ2v) is 10.0. The van der Waals surface area contributed by atoms with Gasteiger partial charge in [0.25, 0.3) is 0 Å². The molecule has 0 radical (unpaired) electrons. The number of para-hydroxylation sites is 2. The third-order valence-corrected chi connectivity index (χ3v) is 6.97. The van der Waals surface area contributed by atoms with Crippen LogP contribution >= 0.6 is 0 Å². The monoisotopic (exact) mass is 437 g/mol. The molecule has 0 aliphatic heterocycles. The number of hydrogen-bond acceptors (Lipinski definition) is 6. The molecule has 1 N–H and O–H groups in total. The van der Waals surface area contributed by atoms with E-state index in [1.165, 1.54) is 12.1 Å². The van der Waals surface area contributed by atoms with E-state index in [2.05, 4.69) is 10.3 Å². The molecule has 0 saturated heterocycles. The Morgan fingerprint density at radius 3 is 2.68 bits per heavy atom. The molecule has 31 heavy (non-hydrogen) atoms. The Morgan fingerprint density at radius 1 is 1.26 bits per heavy atom. The number of nitrogens with zero attached hydrogens (tertiary/aromatic N) is 2. The van der Waals surface area contributed by atoms with Crippen LogP contribution in [0.4, 0.5) is 6.01 Å². The summed E-state index contributed by atoms with van der Waals surface area (Å²) in [6.07, 6.45) is 6.08. The van der Waals surface area contributed by atoms with Gasteiger partial charge in [-0.3, -0.25) is 10.1 Å². The third-order valence-electron chi connectivity index (χ3n) is 5.81. The highest BCUT2D eigenvalue weighted by Crippen LogP contribution is 2.36. The summed E-state index contributed by atoms with van der Waals surface area (Å²) >= 11 is 0. The zero-order chi connectivity index (χ0) is 22.0. The number of hydrogen-bond donors (Lipinski definition) is 1. The molecule has 1 atom stereocenters. The zero-order valence-corrected chi connectivity index (χ0v) is 18.0. The van der Waals surface area contributed by atoms with Crippen molar-refractivity contribution in [3.05, 3.63) is 53.6 Å². The van der Waals surface area contributed by atoms with Crippen LogP contribution in [0.15, 0.2) is 51.8 Å². The predicted octanol–water partition coefficient (Wildman–Crippen LogP) is 4.41. The molecule has 1 unspecified atom stereocenters. The second kappa shape index (κ2) is 8.52. The number of anilines is 1. The molecular weight excluding hydrogens is 414 g/mol. The van der Waals surface area contributed by atoms with Crippen LogP contribution < -0.4 is 5.32 Å². The summed E-state index contributed by atoms with van der Waals surface area (Å²) in [6, 6.07) is 13.9. The summed E-state index contributed by atoms with van der Waals surface area (Å²) in [6.45, 7) is 0. The van der Waals surface area contributed by atoms with Crippen molar-refractivity contribution in [1.82, 2.24) is 4.98 Å². The first kappa shape index (κ1) is 21.1. The molecule has 160 valence electrons. The van der Waals surface area contributed by atoms with Crippen molar-refractivity contribution in [2.75, 3.05) is 11.6 Å². The van der Waals surface area contributed by atoms with Crippen molar-refractivity contribution < 1.29 is 17.6 Å². The lowest BCUT2D eigenvalue weighted by molar-refractivity contribution is -0.118. The number of fused-ring (bicyclic) bond motifs is 1. The maximum absolute atomic E-state index is 13.2. The smallest absolute Gasteiger partial charge is 0.302 e. The number of nitrogens with one attached hydrogen (secondary N) is 1. The number of benzene rings is 2. The van der Waals surface area contributed by atoms with Crippen LogP contribution in [0.5, 0.6) is 0 Å². The summed E-state index contributed by atoms with van der Waals surface area (Å²) in [5.41, 5.74) is 1.89. The molecule has 7 nitrogen and oxygen atoms in total. The lowest BCUT2D eigenvalue weighted by atomic mass is 9.86. The van der Waals surface area contributed by atoms with E-state index >= 15 is 0 Å². The zero-order valence-electron chi connectivity index (χ0n) is 17.2. The number of carbonyl (C=O) groups is 1. The number of amides is 1. The minimum atomic E-state index is -3.54. The molecule has 1 aromatic heterocycles. The Bertz CT molecular complexity index is 1230. The van der Waals surface area contributed by atoms with Gasteiger partial charge in [-0.25, -0.2) is 8.42 Å². The van der Waals surface area contributed by atoms with Crippen molar-refractivity contribution in [1.29, 1.82) is 5.26 Å². The van der Waals surface area contributed by atoms with E-state index in [0.29, 0.717) is 29.0 Å². The quantitative estimate of drug-likeness (QED) is 0.611. The summed E-state index contributed by atoms with van der Waals surface area (Å²) < 4.78 is 29.6. The van der Waals surface area contributed by atoms with Gasteiger partial charge in [-0.05, 0) is 42.2 Å². The Hall–Kier alpha value is -3.18. The Morgan fingerprint density at radius 2 is 2.00 bits per heavy atom. The van der Waals surface area contributed by atoms with Crippen molar-refractivity contribution >= 4 is 32.9 Å². The van der Waals surface area contributed by atoms with Crippen LogP contribution in [0.25, 0.3) is 11.1 Å². The predicted molar refractivity (Wildman–Crippen MR) is 116 cm³/mol. The minimum absolute atomic E-state index is 0.0299. The average Bonchev–Trinajstić information content (AvgIpc) is 3.39. The van der Waals surface area contributed by atoms with Crippen LogP contribution in [0.3, 0.4) is 0 Å². The van der Waals surface area contributed by atoms with Crippen molar-refractivity contribution in [2.24, 2.45) is 5.92 Å². The molecule has 8 heteroatoms. The van der Waals surface area contributed by atoms with Gasteiger partial charge < -0.3 is 4.42 Å². The minimum Gasteiger partial charge on any atom is -0.423 e. The first-order chi connectivity index (χ1) is 14.8. The van der Waals surface area contributed by atoms with Gasteiger partial charge in [0, 0.05) is 6.26 Å². The Balaban J connectivity index is 1.66. The third kappa shape index (κ3) is 4.62. The van der Waals surface area contributed by atoms with Crippen LogP contribution in [0, 0.1) is 17.2 Å². The highest BCUT2D eigenvalue weighted by molar-refractivity contribution is 7.90. The first-order valence-corrected chi connectivity index (χ1v) is 12.1. The Labute approximate surface area is 181 Å². The number of aromatic nitrogens is 1. The average molecular weight is 438 g/mol. The lowest BCUT2D eigenvalue weighted by Crippen LogP contribution is -2.23. The van der Waals surface area contributed by atoms with Crippen LogP contribution in [0.1, 0.15) is 49.1 Å². The van der Waals surface area contributed by atoms with Crippen LogP contribution in [-0.4, -0.2) is 25.6 Å². The molecule has 1 fully saturated rings. The highest BCUT2D eigenvalue weighted by atomic mass is 32.2. The van der Waals surface area contributed by atoms with Crippen molar-refractivity contribution in [3.63, 3.8) is 0 Å². The van der Waals surface area contributed by atoms with E-state index in [1.54, 1.807) is 18.2 Å². The molecule has 1 aliphatic carbocycles. The highest BCUT2D eigenvalue weighted by Gasteiger charge is 2.29. The fourth-order valence-corrected chi connectivity index (χ4v) is 5.09. The normalized spacial score (nSPS) is 15.6. The molecule has 2 aromatic carbocycles. The van der Waals surface area contributed by atoms with Crippen molar-refractivity contribution in [3.8, 4) is 6.07 Å². The van der Waals surface area contributed by atoms with E-state index in [1.807, 2.05) is 18.2 Å². The molecule has 0 bridgehead atoms. The van der Waals surface area contributed by atoms with Gasteiger partial charge in [-0.2, -0.15) is 10.2 Å². The largest absolute Gasteiger partial charge is 0.423 e. The number of nitriles is 1. The molecule has 1 amide bonds.